The van der Waals surface area contributed by atoms with E-state index in [9.17, 15) is 9.59 Å². The summed E-state index contributed by atoms with van der Waals surface area (Å²) >= 11 is 2.00. The van der Waals surface area contributed by atoms with Gasteiger partial charge in [-0.3, -0.25) is 4.79 Å². The van der Waals surface area contributed by atoms with E-state index in [1.807, 2.05) is 29.5 Å². The van der Waals surface area contributed by atoms with Gasteiger partial charge in [0.1, 0.15) is 0 Å². The van der Waals surface area contributed by atoms with Crippen molar-refractivity contribution in [2.75, 3.05) is 27.4 Å². The standard InChI is InChI=1S/C20H21IN2O7/c1-4-29-16-9-13(5-6-15(16)27-2)20(26)23-22-10-12-7-14(21)19(17(8-12)28-3)30-11-18(24)25/h5-10H,4,11H2,1-3H3,(H,23,26)(H,24,25)/b22-10+. The van der Waals surface area contributed by atoms with E-state index in [1.54, 1.807) is 30.3 Å². The number of nitrogens with one attached hydrogen (secondary N) is 1. The van der Waals surface area contributed by atoms with Crippen molar-refractivity contribution in [2.45, 2.75) is 6.92 Å². The minimum atomic E-state index is -1.09. The number of ether oxygens (including phenoxy) is 4. The first-order valence-electron chi connectivity index (χ1n) is 8.76. The number of carbonyl (C=O) groups is 2. The second-order valence-corrected chi connectivity index (χ2v) is 6.88. The first-order valence-corrected chi connectivity index (χ1v) is 9.83. The summed E-state index contributed by atoms with van der Waals surface area (Å²) < 4.78 is 21.8. The molecule has 0 unspecified atom stereocenters. The molecule has 2 rings (SSSR count). The largest absolute Gasteiger partial charge is 0.493 e. The Morgan fingerprint density at radius 2 is 1.83 bits per heavy atom. The van der Waals surface area contributed by atoms with Crippen LogP contribution in [0.2, 0.25) is 0 Å². The van der Waals surface area contributed by atoms with Gasteiger partial charge in [-0.1, -0.05) is 0 Å². The average Bonchev–Trinajstić information content (AvgIpc) is 2.72. The van der Waals surface area contributed by atoms with Crippen molar-refractivity contribution in [3.05, 3.63) is 45.0 Å². The number of aliphatic carboxylic acids is 1. The first-order chi connectivity index (χ1) is 14.4. The number of carbonyl (C=O) groups excluding carboxylic acids is 1. The highest BCUT2D eigenvalue weighted by molar-refractivity contribution is 14.1. The van der Waals surface area contributed by atoms with Gasteiger partial charge >= 0.3 is 5.97 Å². The van der Waals surface area contributed by atoms with Crippen molar-refractivity contribution in [3.63, 3.8) is 0 Å². The lowest BCUT2D eigenvalue weighted by molar-refractivity contribution is -0.139. The van der Waals surface area contributed by atoms with E-state index in [0.29, 0.717) is 44.3 Å². The molecular formula is C20H21IN2O7. The zero-order valence-corrected chi connectivity index (χ0v) is 18.8. The van der Waals surface area contributed by atoms with E-state index in [-0.39, 0.29) is 0 Å². The molecule has 9 nitrogen and oxygen atoms in total. The summed E-state index contributed by atoms with van der Waals surface area (Å²) in [5.74, 6) is 0.164. The molecule has 10 heteroatoms. The number of halogens is 1. The van der Waals surface area contributed by atoms with Crippen LogP contribution in [-0.4, -0.2) is 50.6 Å². The third-order valence-electron chi connectivity index (χ3n) is 3.70. The van der Waals surface area contributed by atoms with Crippen LogP contribution in [-0.2, 0) is 4.79 Å². The van der Waals surface area contributed by atoms with Crippen molar-refractivity contribution in [1.82, 2.24) is 5.43 Å². The first kappa shape index (κ1) is 23.3. The van der Waals surface area contributed by atoms with Crippen molar-refractivity contribution in [1.29, 1.82) is 0 Å². The van der Waals surface area contributed by atoms with Crippen LogP contribution < -0.4 is 24.4 Å². The fourth-order valence-electron chi connectivity index (χ4n) is 2.40. The van der Waals surface area contributed by atoms with Crippen molar-refractivity contribution in [2.24, 2.45) is 5.10 Å². The monoisotopic (exact) mass is 528 g/mol. The SMILES string of the molecule is CCOc1cc(C(=O)N/N=C/c2cc(I)c(OCC(=O)O)c(OC)c2)ccc1OC. The van der Waals surface area contributed by atoms with Crippen LogP contribution in [0.15, 0.2) is 35.4 Å². The summed E-state index contributed by atoms with van der Waals surface area (Å²) in [5.41, 5.74) is 3.44. The van der Waals surface area contributed by atoms with Gasteiger partial charge in [-0.2, -0.15) is 5.10 Å². The Bertz CT molecular complexity index is 947. The van der Waals surface area contributed by atoms with E-state index < -0.39 is 18.5 Å². The summed E-state index contributed by atoms with van der Waals surface area (Å²) in [7, 11) is 2.97. The number of benzene rings is 2. The molecule has 0 aliphatic heterocycles. The molecule has 0 aromatic heterocycles. The molecule has 30 heavy (non-hydrogen) atoms. The Balaban J connectivity index is 2.12. The van der Waals surface area contributed by atoms with Crippen LogP contribution in [0.4, 0.5) is 0 Å². The molecular weight excluding hydrogens is 507 g/mol. The lowest BCUT2D eigenvalue weighted by Crippen LogP contribution is -2.17. The molecule has 0 radical (unpaired) electrons. The number of carboxylic acids is 1. The number of hydrogen-bond donors (Lipinski definition) is 2. The topological polar surface area (TPSA) is 116 Å². The molecule has 2 N–H and O–H groups in total. The summed E-state index contributed by atoms with van der Waals surface area (Å²) in [6.45, 7) is 1.79. The van der Waals surface area contributed by atoms with Gasteiger partial charge in [0.15, 0.2) is 29.6 Å². The molecule has 0 saturated carbocycles. The molecule has 0 fully saturated rings. The molecule has 0 aliphatic rings. The molecule has 2 aromatic rings. The van der Waals surface area contributed by atoms with Gasteiger partial charge in [0.05, 0.1) is 30.6 Å². The molecule has 0 spiro atoms. The number of hydrogen-bond acceptors (Lipinski definition) is 7. The van der Waals surface area contributed by atoms with E-state index in [0.717, 1.165) is 0 Å². The maximum Gasteiger partial charge on any atom is 0.341 e. The molecule has 2 aromatic carbocycles. The van der Waals surface area contributed by atoms with Gasteiger partial charge in [-0.25, -0.2) is 10.2 Å². The Morgan fingerprint density at radius 1 is 1.10 bits per heavy atom. The Morgan fingerprint density at radius 3 is 2.47 bits per heavy atom. The fourth-order valence-corrected chi connectivity index (χ4v) is 3.19. The summed E-state index contributed by atoms with van der Waals surface area (Å²) in [6, 6.07) is 8.17. The van der Waals surface area contributed by atoms with Gasteiger partial charge in [-0.05, 0) is 65.4 Å². The lowest BCUT2D eigenvalue weighted by Gasteiger charge is -2.12. The molecule has 0 bridgehead atoms. The molecule has 1 amide bonds. The van der Waals surface area contributed by atoms with Gasteiger partial charge in [-0.15, -0.1) is 0 Å². The Kier molecular flexibility index (Phi) is 8.71. The van der Waals surface area contributed by atoms with E-state index in [2.05, 4.69) is 10.5 Å². The average molecular weight is 528 g/mol. The second-order valence-electron chi connectivity index (χ2n) is 5.71. The number of carboxylic acid groups (broad SMARTS) is 1. The number of nitrogens with zero attached hydrogens (tertiary/aromatic N) is 1. The quantitative estimate of drug-likeness (QED) is 0.277. The molecule has 0 atom stereocenters. The van der Waals surface area contributed by atoms with Crippen molar-refractivity contribution < 1.29 is 33.6 Å². The van der Waals surface area contributed by atoms with Gasteiger partial charge in [0.25, 0.3) is 5.91 Å². The highest BCUT2D eigenvalue weighted by Gasteiger charge is 2.13. The van der Waals surface area contributed by atoms with Crippen LogP contribution >= 0.6 is 22.6 Å². The zero-order valence-electron chi connectivity index (χ0n) is 16.6. The third-order valence-corrected chi connectivity index (χ3v) is 4.50. The van der Waals surface area contributed by atoms with Crippen LogP contribution in [0.1, 0.15) is 22.8 Å². The summed E-state index contributed by atoms with van der Waals surface area (Å²) in [5, 5.41) is 12.7. The zero-order chi connectivity index (χ0) is 22.1. The van der Waals surface area contributed by atoms with E-state index >= 15 is 0 Å². The van der Waals surface area contributed by atoms with Crippen LogP contribution in [0.3, 0.4) is 0 Å². The van der Waals surface area contributed by atoms with Crippen molar-refractivity contribution >= 4 is 40.7 Å². The Hall–Kier alpha value is -3.02. The normalized spacial score (nSPS) is 10.5. The number of hydrazone groups is 1. The molecule has 0 heterocycles. The molecule has 0 aliphatic carbocycles. The third kappa shape index (κ3) is 6.24. The minimum absolute atomic E-state index is 0.323. The Labute approximate surface area is 187 Å². The predicted molar refractivity (Wildman–Crippen MR) is 118 cm³/mol. The highest BCUT2D eigenvalue weighted by atomic mass is 127. The van der Waals surface area contributed by atoms with Crippen LogP contribution in [0, 0.1) is 3.57 Å². The number of rotatable bonds is 10. The van der Waals surface area contributed by atoms with E-state index in [4.69, 9.17) is 24.1 Å². The fraction of sp³-hybridized carbons (Fsp3) is 0.250. The minimum Gasteiger partial charge on any atom is -0.493 e. The second kappa shape index (κ2) is 11.2. The van der Waals surface area contributed by atoms with Gasteiger partial charge < -0.3 is 24.1 Å². The van der Waals surface area contributed by atoms with Gasteiger partial charge in [0, 0.05) is 5.56 Å². The maximum absolute atomic E-state index is 12.4. The molecule has 0 saturated heterocycles. The summed E-state index contributed by atoms with van der Waals surface area (Å²) in [4.78, 5) is 23.1. The number of methoxy groups -OCH3 is 2. The number of amides is 1. The predicted octanol–water partition coefficient (Wildman–Crippen LogP) is 2.93. The van der Waals surface area contributed by atoms with Crippen molar-refractivity contribution in [3.8, 4) is 23.0 Å². The maximum atomic E-state index is 12.4. The van der Waals surface area contributed by atoms with Gasteiger partial charge in [0.2, 0.25) is 0 Å². The van der Waals surface area contributed by atoms with Crippen LogP contribution in [0.5, 0.6) is 23.0 Å². The smallest absolute Gasteiger partial charge is 0.341 e. The van der Waals surface area contributed by atoms with E-state index in [1.165, 1.54) is 20.4 Å². The lowest BCUT2D eigenvalue weighted by atomic mass is 10.2. The summed E-state index contributed by atoms with van der Waals surface area (Å²) in [6.07, 6.45) is 1.44. The van der Waals surface area contributed by atoms with Crippen LogP contribution in [0.25, 0.3) is 0 Å². The highest BCUT2D eigenvalue weighted by Crippen LogP contribution is 2.33. The molecule has 160 valence electrons.